The molecule has 2 rings (SSSR count). The lowest BCUT2D eigenvalue weighted by molar-refractivity contribution is -0.386. The number of amides is 2. The molecule has 0 spiro atoms. The molecule has 10 nitrogen and oxygen atoms in total. The van der Waals surface area contributed by atoms with Gasteiger partial charge >= 0.3 is 0 Å². The molecule has 0 aliphatic rings. The highest BCUT2D eigenvalue weighted by molar-refractivity contribution is 5.89. The van der Waals surface area contributed by atoms with Crippen LogP contribution in [0.25, 0.3) is 0 Å². The van der Waals surface area contributed by atoms with Gasteiger partial charge in [-0.05, 0) is 24.3 Å². The number of nitrogens with one attached hydrogen (secondary N) is 2. The molecule has 0 bridgehead atoms. The predicted molar refractivity (Wildman–Crippen MR) is 97.6 cm³/mol. The van der Waals surface area contributed by atoms with Crippen LogP contribution in [0.4, 0.5) is 22.7 Å². The lowest BCUT2D eigenvalue weighted by atomic mass is 10.0. The molecule has 27 heavy (non-hydrogen) atoms. The molecule has 2 aromatic carbocycles. The van der Waals surface area contributed by atoms with E-state index in [0.717, 1.165) is 0 Å². The number of nitro groups is 2. The summed E-state index contributed by atoms with van der Waals surface area (Å²) in [5, 5.41) is 27.6. The molecule has 0 fully saturated rings. The third-order valence-electron chi connectivity index (χ3n) is 3.59. The smallest absolute Gasteiger partial charge is 0.275 e. The average Bonchev–Trinajstić information content (AvgIpc) is 2.56. The van der Waals surface area contributed by atoms with E-state index < -0.39 is 9.85 Å². The van der Waals surface area contributed by atoms with Gasteiger partial charge in [0.25, 0.3) is 11.4 Å². The summed E-state index contributed by atoms with van der Waals surface area (Å²) in [7, 11) is 0. The maximum Gasteiger partial charge on any atom is 0.275 e. The van der Waals surface area contributed by atoms with Crippen LogP contribution in [-0.4, -0.2) is 21.7 Å². The molecule has 2 amide bonds. The minimum atomic E-state index is -0.613. The maximum absolute atomic E-state index is 11.4. The summed E-state index contributed by atoms with van der Waals surface area (Å²) in [5.74, 6) is -0.748. The third kappa shape index (κ3) is 5.08. The van der Waals surface area contributed by atoms with Crippen molar-refractivity contribution in [2.45, 2.75) is 20.3 Å². The molecule has 0 aromatic heterocycles. The van der Waals surface area contributed by atoms with Crippen LogP contribution in [0.1, 0.15) is 25.0 Å². The van der Waals surface area contributed by atoms with Crippen LogP contribution in [0, 0.1) is 20.2 Å². The Balaban J connectivity index is 2.43. The first-order valence-corrected chi connectivity index (χ1v) is 7.77. The van der Waals surface area contributed by atoms with E-state index in [4.69, 9.17) is 0 Å². The van der Waals surface area contributed by atoms with Crippen molar-refractivity contribution in [2.24, 2.45) is 0 Å². The van der Waals surface area contributed by atoms with Gasteiger partial charge in [0.15, 0.2) is 0 Å². The molecule has 0 unspecified atom stereocenters. The first kappa shape index (κ1) is 19.5. The van der Waals surface area contributed by atoms with Gasteiger partial charge in [-0.15, -0.1) is 0 Å². The Morgan fingerprint density at radius 3 is 1.48 bits per heavy atom. The van der Waals surface area contributed by atoms with E-state index in [2.05, 4.69) is 10.6 Å². The number of carbonyl (C=O) groups is 2. The first-order valence-electron chi connectivity index (χ1n) is 7.77. The van der Waals surface area contributed by atoms with Gasteiger partial charge in [-0.2, -0.15) is 0 Å². The number of nitrogens with zero attached hydrogens (tertiary/aromatic N) is 2. The Morgan fingerprint density at radius 2 is 1.19 bits per heavy atom. The second-order valence-corrected chi connectivity index (χ2v) is 5.74. The van der Waals surface area contributed by atoms with Crippen LogP contribution in [-0.2, 0) is 16.0 Å². The summed E-state index contributed by atoms with van der Waals surface area (Å²) in [6, 6.07) is 8.26. The van der Waals surface area contributed by atoms with Gasteiger partial charge in [0, 0.05) is 54.9 Å². The van der Waals surface area contributed by atoms with Crippen LogP contribution in [0.15, 0.2) is 36.4 Å². The summed E-state index contributed by atoms with van der Waals surface area (Å²) in [4.78, 5) is 43.7. The summed E-state index contributed by atoms with van der Waals surface area (Å²) in [6.45, 7) is 2.56. The summed E-state index contributed by atoms with van der Waals surface area (Å²) in [5.41, 5.74) is 0.499. The van der Waals surface area contributed by atoms with E-state index in [0.29, 0.717) is 0 Å². The van der Waals surface area contributed by atoms with Crippen molar-refractivity contribution < 1.29 is 19.4 Å². The fourth-order valence-electron chi connectivity index (χ4n) is 2.53. The second kappa shape index (κ2) is 8.04. The van der Waals surface area contributed by atoms with E-state index in [1.807, 2.05) is 0 Å². The van der Waals surface area contributed by atoms with Crippen molar-refractivity contribution in [3.05, 3.63) is 67.8 Å². The molecular formula is C17H16N4O6. The molecule has 0 saturated carbocycles. The van der Waals surface area contributed by atoms with Crippen LogP contribution in [0.3, 0.4) is 0 Å². The van der Waals surface area contributed by atoms with E-state index >= 15 is 0 Å². The molecule has 140 valence electrons. The SMILES string of the molecule is CC(=O)Nc1ccc(Cc2ccc(NC(C)=O)cc2[N+](=O)[O-])c([N+](=O)[O-])c1. The fourth-order valence-corrected chi connectivity index (χ4v) is 2.53. The number of benzene rings is 2. The molecule has 0 heterocycles. The zero-order valence-electron chi connectivity index (χ0n) is 14.5. The molecule has 0 aliphatic heterocycles. The maximum atomic E-state index is 11.4. The highest BCUT2D eigenvalue weighted by atomic mass is 16.6. The Morgan fingerprint density at radius 1 is 0.815 bits per heavy atom. The largest absolute Gasteiger partial charge is 0.326 e. The molecule has 0 atom stereocenters. The molecular weight excluding hydrogens is 356 g/mol. The van der Waals surface area contributed by atoms with Gasteiger partial charge in [0.2, 0.25) is 11.8 Å². The monoisotopic (exact) mass is 372 g/mol. The number of hydrogen-bond acceptors (Lipinski definition) is 6. The minimum absolute atomic E-state index is 0.0622. The highest BCUT2D eigenvalue weighted by Gasteiger charge is 2.21. The van der Waals surface area contributed by atoms with Crippen molar-refractivity contribution in [1.82, 2.24) is 0 Å². The van der Waals surface area contributed by atoms with Gasteiger partial charge in [-0.3, -0.25) is 29.8 Å². The first-order chi connectivity index (χ1) is 12.7. The van der Waals surface area contributed by atoms with Gasteiger partial charge in [0.05, 0.1) is 9.85 Å². The van der Waals surface area contributed by atoms with Crippen molar-refractivity contribution >= 4 is 34.6 Å². The molecule has 0 radical (unpaired) electrons. The summed E-state index contributed by atoms with van der Waals surface area (Å²) >= 11 is 0. The number of anilines is 2. The van der Waals surface area contributed by atoms with Crippen molar-refractivity contribution in [2.75, 3.05) is 10.6 Å². The Labute approximate surface area is 153 Å². The van der Waals surface area contributed by atoms with E-state index in [9.17, 15) is 29.8 Å². The molecule has 0 aliphatic carbocycles. The average molecular weight is 372 g/mol. The Bertz CT molecular complexity index is 866. The molecule has 10 heteroatoms. The fraction of sp³-hybridized carbons (Fsp3) is 0.176. The predicted octanol–water partition coefficient (Wildman–Crippen LogP) is 3.01. The van der Waals surface area contributed by atoms with Gasteiger partial charge in [-0.25, -0.2) is 0 Å². The van der Waals surface area contributed by atoms with E-state index in [1.165, 1.54) is 50.2 Å². The van der Waals surface area contributed by atoms with E-state index in [-0.39, 0.29) is 52.1 Å². The third-order valence-corrected chi connectivity index (χ3v) is 3.59. The van der Waals surface area contributed by atoms with Crippen molar-refractivity contribution in [1.29, 1.82) is 0 Å². The van der Waals surface area contributed by atoms with Gasteiger partial charge < -0.3 is 10.6 Å². The van der Waals surface area contributed by atoms with Crippen molar-refractivity contribution in [3.63, 3.8) is 0 Å². The van der Waals surface area contributed by atoms with Crippen molar-refractivity contribution in [3.8, 4) is 0 Å². The second-order valence-electron chi connectivity index (χ2n) is 5.74. The van der Waals surface area contributed by atoms with E-state index in [1.54, 1.807) is 0 Å². The highest BCUT2D eigenvalue weighted by Crippen LogP contribution is 2.30. The van der Waals surface area contributed by atoms with Gasteiger partial charge in [-0.1, -0.05) is 0 Å². The van der Waals surface area contributed by atoms with Crippen LogP contribution < -0.4 is 10.6 Å². The molecule has 0 saturated heterocycles. The number of nitro benzene ring substituents is 2. The Kier molecular flexibility index (Phi) is 5.81. The molecule has 2 N–H and O–H groups in total. The van der Waals surface area contributed by atoms with Crippen LogP contribution in [0.5, 0.6) is 0 Å². The minimum Gasteiger partial charge on any atom is -0.326 e. The zero-order valence-corrected chi connectivity index (χ0v) is 14.5. The molecule has 2 aromatic rings. The normalized spacial score (nSPS) is 10.1. The summed E-state index contributed by atoms with van der Waals surface area (Å²) < 4.78 is 0. The van der Waals surface area contributed by atoms with Crippen LogP contribution in [0.2, 0.25) is 0 Å². The zero-order chi connectivity index (χ0) is 20.1. The number of rotatable bonds is 6. The lowest BCUT2D eigenvalue weighted by Crippen LogP contribution is -2.08. The Hall–Kier alpha value is -3.82. The summed E-state index contributed by atoms with van der Waals surface area (Å²) in [6.07, 6.45) is -0.0622. The van der Waals surface area contributed by atoms with Crippen LogP contribution >= 0.6 is 0 Å². The number of hydrogen-bond donors (Lipinski definition) is 2. The van der Waals surface area contributed by atoms with Gasteiger partial charge in [0.1, 0.15) is 0 Å². The lowest BCUT2D eigenvalue weighted by Gasteiger charge is -2.09. The standard InChI is InChI=1S/C17H16N4O6/c1-10(22)18-14-5-3-12(16(8-14)20(24)25)7-13-4-6-15(19-11(2)23)9-17(13)21(26)27/h3-6,8-9H,7H2,1-2H3,(H,18,22)(H,19,23). The topological polar surface area (TPSA) is 144 Å². The quantitative estimate of drug-likeness (QED) is 0.589. The number of carbonyl (C=O) groups excluding carboxylic acids is 2.